The molecule has 0 spiro atoms. The van der Waals surface area contributed by atoms with E-state index in [1.54, 1.807) is 10.6 Å². The van der Waals surface area contributed by atoms with E-state index in [1.807, 2.05) is 0 Å². The molecule has 1 aliphatic heterocycles. The summed E-state index contributed by atoms with van der Waals surface area (Å²) in [7, 11) is 0. The summed E-state index contributed by atoms with van der Waals surface area (Å²) in [4.78, 5) is 17.2. The molecule has 3 rings (SSSR count). The third kappa shape index (κ3) is 2.38. The van der Waals surface area contributed by atoms with Gasteiger partial charge in [0.15, 0.2) is 0 Å². The molecule has 0 amide bonds. The molecule has 0 aliphatic carbocycles. The Morgan fingerprint density at radius 2 is 2.25 bits per heavy atom. The molecule has 2 heterocycles. The predicted molar refractivity (Wildman–Crippen MR) is 77.3 cm³/mol. The molecule has 4 nitrogen and oxygen atoms in total. The zero-order valence-corrected chi connectivity index (χ0v) is 11.9. The number of likely N-dealkylation sites (tertiary alicyclic amines) is 1. The highest BCUT2D eigenvalue weighted by Crippen LogP contribution is 2.21. The van der Waals surface area contributed by atoms with Gasteiger partial charge in [0.1, 0.15) is 5.82 Å². The summed E-state index contributed by atoms with van der Waals surface area (Å²) >= 11 is 0. The molecule has 0 bridgehead atoms. The summed E-state index contributed by atoms with van der Waals surface area (Å²) in [6.45, 7) is 7.21. The van der Waals surface area contributed by atoms with Gasteiger partial charge in [0.05, 0.1) is 11.0 Å². The van der Waals surface area contributed by atoms with E-state index in [9.17, 15) is 9.18 Å². The minimum atomic E-state index is -0.322. The number of hydrogen-bond donors (Lipinski definition) is 1. The van der Waals surface area contributed by atoms with Gasteiger partial charge in [-0.1, -0.05) is 0 Å². The van der Waals surface area contributed by atoms with Crippen molar-refractivity contribution in [2.75, 3.05) is 13.1 Å². The van der Waals surface area contributed by atoms with Crippen LogP contribution in [0, 0.1) is 11.7 Å². The summed E-state index contributed by atoms with van der Waals surface area (Å²) < 4.78 is 14.9. The molecule has 1 N–H and O–H groups in total. The molecule has 5 heteroatoms. The normalized spacial score (nSPS) is 20.3. The van der Waals surface area contributed by atoms with Crippen LogP contribution in [0.4, 0.5) is 4.39 Å². The number of H-pyrrole nitrogens is 1. The first-order valence-electron chi connectivity index (χ1n) is 7.16. The first-order chi connectivity index (χ1) is 9.54. The molecule has 1 atom stereocenters. The molecule has 1 aromatic carbocycles. The van der Waals surface area contributed by atoms with Gasteiger partial charge in [-0.15, -0.1) is 0 Å². The fraction of sp³-hybridized carbons (Fsp3) is 0.533. The van der Waals surface area contributed by atoms with Gasteiger partial charge in [0.25, 0.3) is 0 Å². The zero-order chi connectivity index (χ0) is 14.3. The number of halogens is 1. The smallest absolute Gasteiger partial charge is 0.305 e. The second kappa shape index (κ2) is 5.05. The number of aromatic nitrogens is 2. The Bertz CT molecular complexity index is 673. The second-order valence-electron chi connectivity index (χ2n) is 5.95. The van der Waals surface area contributed by atoms with Crippen molar-refractivity contribution in [1.29, 1.82) is 0 Å². The maximum absolute atomic E-state index is 13.2. The average molecular weight is 277 g/mol. The lowest BCUT2D eigenvalue weighted by Gasteiger charge is -2.20. The summed E-state index contributed by atoms with van der Waals surface area (Å²) in [5.74, 6) is 0.164. The number of nitrogens with zero attached hydrogens (tertiary/aromatic N) is 2. The molecular formula is C15H20FN3O. The van der Waals surface area contributed by atoms with Crippen LogP contribution in [-0.4, -0.2) is 33.6 Å². The molecule has 1 unspecified atom stereocenters. The van der Waals surface area contributed by atoms with Crippen molar-refractivity contribution < 1.29 is 4.39 Å². The molecule has 1 saturated heterocycles. The van der Waals surface area contributed by atoms with Gasteiger partial charge >= 0.3 is 5.69 Å². The third-order valence-electron chi connectivity index (χ3n) is 4.22. The van der Waals surface area contributed by atoms with Crippen LogP contribution in [-0.2, 0) is 6.54 Å². The van der Waals surface area contributed by atoms with Crippen molar-refractivity contribution >= 4 is 11.0 Å². The minimum Gasteiger partial charge on any atom is -0.305 e. The fourth-order valence-corrected chi connectivity index (χ4v) is 3.06. The first-order valence-corrected chi connectivity index (χ1v) is 7.16. The fourth-order valence-electron chi connectivity index (χ4n) is 3.06. The van der Waals surface area contributed by atoms with E-state index in [0.29, 0.717) is 24.0 Å². The lowest BCUT2D eigenvalue weighted by atomic mass is 10.1. The number of nitrogens with one attached hydrogen (secondary N) is 1. The number of fused-ring (bicyclic) bond motifs is 1. The third-order valence-corrected chi connectivity index (χ3v) is 4.22. The van der Waals surface area contributed by atoms with E-state index in [4.69, 9.17) is 0 Å². The SMILES string of the molecule is CC(C)N1CCC(Cn2c(=O)[nH]c3cc(F)ccc32)C1. The van der Waals surface area contributed by atoms with Crippen LogP contribution in [0.3, 0.4) is 0 Å². The molecule has 108 valence electrons. The highest BCUT2D eigenvalue weighted by Gasteiger charge is 2.25. The maximum atomic E-state index is 13.2. The molecule has 1 aromatic heterocycles. The minimum absolute atomic E-state index is 0.145. The van der Waals surface area contributed by atoms with Crippen molar-refractivity contribution in [3.05, 3.63) is 34.5 Å². The molecular weight excluding hydrogens is 257 g/mol. The Morgan fingerprint density at radius 3 is 2.95 bits per heavy atom. The van der Waals surface area contributed by atoms with Gasteiger partial charge in [-0.3, -0.25) is 4.57 Å². The molecule has 20 heavy (non-hydrogen) atoms. The van der Waals surface area contributed by atoms with Gasteiger partial charge in [-0.25, -0.2) is 9.18 Å². The predicted octanol–water partition coefficient (Wildman–Crippen LogP) is 2.20. The lowest BCUT2D eigenvalue weighted by molar-refractivity contribution is 0.261. The molecule has 1 fully saturated rings. The van der Waals surface area contributed by atoms with Crippen molar-refractivity contribution in [3.63, 3.8) is 0 Å². The maximum Gasteiger partial charge on any atom is 0.326 e. The standard InChI is InChI=1S/C15H20FN3O/c1-10(2)18-6-5-11(8-18)9-19-14-4-3-12(16)7-13(14)17-15(19)20/h3-4,7,10-11H,5-6,8-9H2,1-2H3,(H,17,20). The first kappa shape index (κ1) is 13.4. The van der Waals surface area contributed by atoms with Gasteiger partial charge in [0, 0.05) is 19.1 Å². The van der Waals surface area contributed by atoms with Crippen molar-refractivity contribution in [1.82, 2.24) is 14.5 Å². The highest BCUT2D eigenvalue weighted by atomic mass is 19.1. The number of aromatic amines is 1. The topological polar surface area (TPSA) is 41.0 Å². The van der Waals surface area contributed by atoms with Crippen LogP contribution in [0.2, 0.25) is 0 Å². The monoisotopic (exact) mass is 277 g/mol. The highest BCUT2D eigenvalue weighted by molar-refractivity contribution is 5.75. The Kier molecular flexibility index (Phi) is 3.38. The van der Waals surface area contributed by atoms with Crippen LogP contribution in [0.5, 0.6) is 0 Å². The van der Waals surface area contributed by atoms with E-state index in [2.05, 4.69) is 23.7 Å². The molecule has 2 aromatic rings. The molecule has 0 radical (unpaired) electrons. The number of hydrogen-bond acceptors (Lipinski definition) is 2. The Labute approximate surface area is 117 Å². The van der Waals surface area contributed by atoms with E-state index in [-0.39, 0.29) is 11.5 Å². The second-order valence-corrected chi connectivity index (χ2v) is 5.95. The van der Waals surface area contributed by atoms with E-state index in [1.165, 1.54) is 12.1 Å². The van der Waals surface area contributed by atoms with Crippen LogP contribution in [0.15, 0.2) is 23.0 Å². The van der Waals surface area contributed by atoms with Crippen LogP contribution < -0.4 is 5.69 Å². The molecule has 0 saturated carbocycles. The number of rotatable bonds is 3. The van der Waals surface area contributed by atoms with E-state index >= 15 is 0 Å². The summed E-state index contributed by atoms with van der Waals surface area (Å²) in [5, 5.41) is 0. The van der Waals surface area contributed by atoms with Crippen molar-refractivity contribution in [2.45, 2.75) is 32.9 Å². The Balaban J connectivity index is 1.85. The quantitative estimate of drug-likeness (QED) is 0.934. The number of benzene rings is 1. The van der Waals surface area contributed by atoms with E-state index in [0.717, 1.165) is 25.0 Å². The van der Waals surface area contributed by atoms with Crippen LogP contribution >= 0.6 is 0 Å². The van der Waals surface area contributed by atoms with Crippen LogP contribution in [0.25, 0.3) is 11.0 Å². The van der Waals surface area contributed by atoms with Crippen molar-refractivity contribution in [2.24, 2.45) is 5.92 Å². The van der Waals surface area contributed by atoms with Crippen LogP contribution in [0.1, 0.15) is 20.3 Å². The van der Waals surface area contributed by atoms with Gasteiger partial charge < -0.3 is 9.88 Å². The summed E-state index contributed by atoms with van der Waals surface area (Å²) in [6.07, 6.45) is 1.11. The summed E-state index contributed by atoms with van der Waals surface area (Å²) in [5.41, 5.74) is 1.22. The van der Waals surface area contributed by atoms with Gasteiger partial charge in [-0.2, -0.15) is 0 Å². The Hall–Kier alpha value is -1.62. The summed E-state index contributed by atoms with van der Waals surface area (Å²) in [6, 6.07) is 5.01. The molecule has 1 aliphatic rings. The van der Waals surface area contributed by atoms with Gasteiger partial charge in [-0.05, 0) is 50.9 Å². The number of imidazole rings is 1. The zero-order valence-electron chi connectivity index (χ0n) is 11.9. The van der Waals surface area contributed by atoms with Crippen molar-refractivity contribution in [3.8, 4) is 0 Å². The van der Waals surface area contributed by atoms with Gasteiger partial charge in [0.2, 0.25) is 0 Å². The van der Waals surface area contributed by atoms with E-state index < -0.39 is 0 Å². The Morgan fingerprint density at radius 1 is 1.45 bits per heavy atom. The largest absolute Gasteiger partial charge is 0.326 e. The lowest BCUT2D eigenvalue weighted by Crippen LogP contribution is -2.29. The average Bonchev–Trinajstić information content (AvgIpc) is 2.96.